The van der Waals surface area contributed by atoms with Crippen LogP contribution >= 0.6 is 12.4 Å². The Morgan fingerprint density at radius 1 is 0.824 bits per heavy atom. The lowest BCUT2D eigenvalue weighted by Crippen LogP contribution is -2.39. The van der Waals surface area contributed by atoms with Gasteiger partial charge in [-0.25, -0.2) is 0 Å². The third kappa shape index (κ3) is 2.95. The second-order valence-corrected chi connectivity index (χ2v) is 5.53. The highest BCUT2D eigenvalue weighted by molar-refractivity contribution is 5.85. The molecular weight excluding hydrogens is 238 g/mol. The van der Waals surface area contributed by atoms with Crippen LogP contribution < -0.4 is 5.32 Å². The molecule has 2 saturated heterocycles. The number of ether oxygens (including phenoxy) is 2. The van der Waals surface area contributed by atoms with Crippen LogP contribution in [0.4, 0.5) is 0 Å². The highest BCUT2D eigenvalue weighted by atomic mass is 35.5. The van der Waals surface area contributed by atoms with Crippen LogP contribution in [0.15, 0.2) is 0 Å². The zero-order valence-electron chi connectivity index (χ0n) is 10.5. The van der Waals surface area contributed by atoms with Gasteiger partial charge in [0.05, 0.1) is 13.2 Å². The van der Waals surface area contributed by atoms with Gasteiger partial charge in [-0.2, -0.15) is 0 Å². The summed E-state index contributed by atoms with van der Waals surface area (Å²) in [6.07, 6.45) is 7.62. The van der Waals surface area contributed by atoms with Gasteiger partial charge in [-0.3, -0.25) is 0 Å². The molecule has 1 spiro atoms. The van der Waals surface area contributed by atoms with Crippen molar-refractivity contribution >= 4 is 12.4 Å². The zero-order valence-corrected chi connectivity index (χ0v) is 11.3. The van der Waals surface area contributed by atoms with E-state index < -0.39 is 0 Å². The molecule has 100 valence electrons. The minimum absolute atomic E-state index is 0. The lowest BCUT2D eigenvalue weighted by Gasteiger charge is -2.39. The summed E-state index contributed by atoms with van der Waals surface area (Å²) in [5.74, 6) is 1.73. The number of rotatable bonds is 1. The van der Waals surface area contributed by atoms with Gasteiger partial charge in [0, 0.05) is 12.8 Å². The van der Waals surface area contributed by atoms with Gasteiger partial charge in [0.15, 0.2) is 5.79 Å². The molecule has 4 heteroatoms. The molecule has 2 aliphatic heterocycles. The topological polar surface area (TPSA) is 30.5 Å². The summed E-state index contributed by atoms with van der Waals surface area (Å²) in [6, 6.07) is 0. The minimum Gasteiger partial charge on any atom is -0.348 e. The van der Waals surface area contributed by atoms with Crippen molar-refractivity contribution in [3.05, 3.63) is 0 Å². The van der Waals surface area contributed by atoms with E-state index in [-0.39, 0.29) is 18.2 Å². The summed E-state index contributed by atoms with van der Waals surface area (Å²) < 4.78 is 11.6. The van der Waals surface area contributed by atoms with Gasteiger partial charge >= 0.3 is 0 Å². The average molecular weight is 262 g/mol. The van der Waals surface area contributed by atoms with Crippen molar-refractivity contribution in [1.82, 2.24) is 5.32 Å². The Morgan fingerprint density at radius 2 is 1.35 bits per heavy atom. The summed E-state index contributed by atoms with van der Waals surface area (Å²) in [6.45, 7) is 4.05. The zero-order chi connectivity index (χ0) is 10.8. The minimum atomic E-state index is -0.163. The molecule has 0 aromatic heterocycles. The average Bonchev–Trinajstić information content (AvgIpc) is 2.80. The second-order valence-electron chi connectivity index (χ2n) is 5.53. The molecule has 3 aliphatic rings. The first-order valence-corrected chi connectivity index (χ1v) is 6.87. The first kappa shape index (κ1) is 13.6. The monoisotopic (exact) mass is 261 g/mol. The number of hydrogen-bond acceptors (Lipinski definition) is 3. The van der Waals surface area contributed by atoms with Crippen molar-refractivity contribution in [1.29, 1.82) is 0 Å². The van der Waals surface area contributed by atoms with Gasteiger partial charge in [0.25, 0.3) is 0 Å². The van der Waals surface area contributed by atoms with Crippen molar-refractivity contribution in [3.63, 3.8) is 0 Å². The van der Waals surface area contributed by atoms with Crippen LogP contribution in [-0.4, -0.2) is 32.1 Å². The molecule has 2 heterocycles. The smallest absolute Gasteiger partial charge is 0.168 e. The van der Waals surface area contributed by atoms with E-state index >= 15 is 0 Å². The van der Waals surface area contributed by atoms with Crippen molar-refractivity contribution < 1.29 is 9.47 Å². The highest BCUT2D eigenvalue weighted by Crippen LogP contribution is 2.42. The fourth-order valence-electron chi connectivity index (χ4n) is 3.65. The molecular formula is C13H24ClNO2. The van der Waals surface area contributed by atoms with E-state index in [1.165, 1.54) is 38.8 Å². The molecule has 0 unspecified atom stereocenters. The Morgan fingerprint density at radius 3 is 1.94 bits per heavy atom. The third-order valence-electron chi connectivity index (χ3n) is 4.66. The molecule has 1 N–H and O–H groups in total. The molecule has 0 amide bonds. The Labute approximate surface area is 110 Å². The molecule has 1 saturated carbocycles. The van der Waals surface area contributed by atoms with Gasteiger partial charge in [-0.05, 0) is 50.6 Å². The highest BCUT2D eigenvalue weighted by Gasteiger charge is 2.41. The molecule has 0 radical (unpaired) electrons. The standard InChI is InChI=1S/C13H23NO2.ClH/c1-5-13(15-9-10-16-13)6-2-11(1)12-3-7-14-8-4-12;/h11-12,14H,1-10H2;1H. The molecule has 0 aromatic rings. The van der Waals surface area contributed by atoms with Crippen LogP contribution in [0.25, 0.3) is 0 Å². The Hall–Kier alpha value is 0.170. The van der Waals surface area contributed by atoms with E-state index in [0.717, 1.165) is 37.9 Å². The molecule has 3 nitrogen and oxygen atoms in total. The Kier molecular flexibility index (Phi) is 4.70. The van der Waals surface area contributed by atoms with E-state index in [0.29, 0.717) is 0 Å². The lowest BCUT2D eigenvalue weighted by atomic mass is 9.74. The summed E-state index contributed by atoms with van der Waals surface area (Å²) in [5.41, 5.74) is 0. The maximum absolute atomic E-state index is 5.78. The van der Waals surface area contributed by atoms with Crippen LogP contribution in [0.3, 0.4) is 0 Å². The van der Waals surface area contributed by atoms with E-state index in [1.54, 1.807) is 0 Å². The van der Waals surface area contributed by atoms with Crippen LogP contribution in [0.1, 0.15) is 38.5 Å². The SMILES string of the molecule is C1CC(C2CCC3(CC2)OCCO3)CCN1.Cl. The van der Waals surface area contributed by atoms with Gasteiger partial charge in [0.1, 0.15) is 0 Å². The van der Waals surface area contributed by atoms with Gasteiger partial charge in [-0.15, -0.1) is 12.4 Å². The van der Waals surface area contributed by atoms with Crippen molar-refractivity contribution in [2.75, 3.05) is 26.3 Å². The number of nitrogens with one attached hydrogen (secondary N) is 1. The largest absolute Gasteiger partial charge is 0.348 e. The predicted octanol–water partition coefficient (Wildman–Crippen LogP) is 2.34. The van der Waals surface area contributed by atoms with Gasteiger partial charge in [0.2, 0.25) is 0 Å². The lowest BCUT2D eigenvalue weighted by molar-refractivity contribution is -0.185. The number of piperidine rings is 1. The Bertz CT molecular complexity index is 228. The Balaban J connectivity index is 0.00000108. The molecule has 0 bridgehead atoms. The van der Waals surface area contributed by atoms with Crippen LogP contribution in [0, 0.1) is 11.8 Å². The molecule has 3 fully saturated rings. The maximum atomic E-state index is 5.78. The fourth-order valence-corrected chi connectivity index (χ4v) is 3.65. The summed E-state index contributed by atoms with van der Waals surface area (Å²) >= 11 is 0. The number of hydrogen-bond donors (Lipinski definition) is 1. The predicted molar refractivity (Wildman–Crippen MR) is 69.4 cm³/mol. The first-order chi connectivity index (χ1) is 7.88. The van der Waals surface area contributed by atoms with Crippen molar-refractivity contribution in [2.45, 2.75) is 44.3 Å². The third-order valence-corrected chi connectivity index (χ3v) is 4.66. The van der Waals surface area contributed by atoms with Crippen molar-refractivity contribution in [3.8, 4) is 0 Å². The van der Waals surface area contributed by atoms with Crippen molar-refractivity contribution in [2.24, 2.45) is 11.8 Å². The van der Waals surface area contributed by atoms with Crippen LogP contribution in [-0.2, 0) is 9.47 Å². The molecule has 1 aliphatic carbocycles. The first-order valence-electron chi connectivity index (χ1n) is 6.87. The maximum Gasteiger partial charge on any atom is 0.168 e. The summed E-state index contributed by atoms with van der Waals surface area (Å²) in [7, 11) is 0. The molecule has 0 atom stereocenters. The van der Waals surface area contributed by atoms with Crippen LogP contribution in [0.2, 0.25) is 0 Å². The van der Waals surface area contributed by atoms with E-state index in [2.05, 4.69) is 5.32 Å². The van der Waals surface area contributed by atoms with Gasteiger partial charge in [-0.1, -0.05) is 0 Å². The molecule has 3 rings (SSSR count). The second kappa shape index (κ2) is 5.87. The molecule has 17 heavy (non-hydrogen) atoms. The quantitative estimate of drug-likeness (QED) is 0.786. The fraction of sp³-hybridized carbons (Fsp3) is 1.00. The van der Waals surface area contributed by atoms with Crippen LogP contribution in [0.5, 0.6) is 0 Å². The van der Waals surface area contributed by atoms with E-state index in [1.807, 2.05) is 0 Å². The van der Waals surface area contributed by atoms with E-state index in [9.17, 15) is 0 Å². The summed E-state index contributed by atoms with van der Waals surface area (Å²) in [4.78, 5) is 0. The normalized spacial score (nSPS) is 30.4. The number of halogens is 1. The van der Waals surface area contributed by atoms with Gasteiger partial charge < -0.3 is 14.8 Å². The summed E-state index contributed by atoms with van der Waals surface area (Å²) in [5, 5.41) is 3.45. The van der Waals surface area contributed by atoms with E-state index in [4.69, 9.17) is 9.47 Å². The molecule has 0 aromatic carbocycles.